The van der Waals surface area contributed by atoms with Gasteiger partial charge in [0.2, 0.25) is 0 Å². The Kier molecular flexibility index (Phi) is 5.92. The van der Waals surface area contributed by atoms with E-state index in [4.69, 9.17) is 9.15 Å². The molecule has 2 N–H and O–H groups in total. The molecule has 0 spiro atoms. The van der Waals surface area contributed by atoms with E-state index in [1.165, 1.54) is 18.9 Å². The number of carbonyl (C=O) groups excluding carboxylic acids is 2. The Bertz CT molecular complexity index is 968. The van der Waals surface area contributed by atoms with Crippen molar-refractivity contribution in [3.63, 3.8) is 0 Å². The average Bonchev–Trinajstić information content (AvgIpc) is 3.54. The van der Waals surface area contributed by atoms with E-state index in [0.717, 1.165) is 51.6 Å². The zero-order chi connectivity index (χ0) is 22.9. The summed E-state index contributed by atoms with van der Waals surface area (Å²) < 4.78 is 11.8. The van der Waals surface area contributed by atoms with Gasteiger partial charge in [-0.1, -0.05) is 12.8 Å². The van der Waals surface area contributed by atoms with Gasteiger partial charge in [0.1, 0.15) is 18.7 Å². The summed E-state index contributed by atoms with van der Waals surface area (Å²) in [6, 6.07) is 3.31. The molecule has 3 aliphatic heterocycles. The third kappa shape index (κ3) is 4.27. The Balaban J connectivity index is 1.28. The van der Waals surface area contributed by atoms with Crippen molar-refractivity contribution >= 4 is 17.7 Å². The maximum Gasteiger partial charge on any atom is 0.343 e. The Morgan fingerprint density at radius 3 is 2.67 bits per heavy atom. The fraction of sp³-hybridized carbons (Fsp3) is 0.583. The summed E-state index contributed by atoms with van der Waals surface area (Å²) in [6.07, 6.45) is 10.9. The van der Waals surface area contributed by atoms with Gasteiger partial charge in [-0.3, -0.25) is 4.79 Å². The lowest BCUT2D eigenvalue weighted by Gasteiger charge is -2.51. The van der Waals surface area contributed by atoms with Crippen LogP contribution in [-0.4, -0.2) is 63.7 Å². The predicted molar refractivity (Wildman–Crippen MR) is 118 cm³/mol. The average molecular weight is 456 g/mol. The van der Waals surface area contributed by atoms with E-state index in [-0.39, 0.29) is 23.8 Å². The highest BCUT2D eigenvalue weighted by atomic mass is 16.6. The Morgan fingerprint density at radius 2 is 2.00 bits per heavy atom. The van der Waals surface area contributed by atoms with E-state index in [2.05, 4.69) is 15.3 Å². The van der Waals surface area contributed by atoms with E-state index >= 15 is 0 Å². The number of nitrogens with one attached hydrogen (secondary N) is 1. The van der Waals surface area contributed by atoms with Gasteiger partial charge in [-0.05, 0) is 25.0 Å². The van der Waals surface area contributed by atoms with Crippen LogP contribution in [-0.2, 0) is 19.9 Å². The lowest BCUT2D eigenvalue weighted by Crippen LogP contribution is -2.66. The van der Waals surface area contributed by atoms with Gasteiger partial charge in [-0.25, -0.2) is 14.8 Å². The molecule has 2 aromatic rings. The van der Waals surface area contributed by atoms with Gasteiger partial charge in [-0.2, -0.15) is 0 Å². The number of ether oxygens (including phenoxy) is 1. The lowest BCUT2D eigenvalue weighted by molar-refractivity contribution is -0.939. The normalized spacial score (nSPS) is 28.9. The van der Waals surface area contributed by atoms with Gasteiger partial charge < -0.3 is 24.1 Å². The number of nitrogens with zero attached hydrogens (tertiary/aromatic N) is 3. The first-order chi connectivity index (χ1) is 16.0. The second-order valence-corrected chi connectivity index (χ2v) is 9.81. The van der Waals surface area contributed by atoms with E-state index in [9.17, 15) is 14.7 Å². The summed E-state index contributed by atoms with van der Waals surface area (Å²) >= 11 is 0. The van der Waals surface area contributed by atoms with Crippen LogP contribution in [0.25, 0.3) is 0 Å². The van der Waals surface area contributed by atoms with Gasteiger partial charge >= 0.3 is 5.97 Å². The minimum atomic E-state index is -1.69. The molecule has 176 valence electrons. The Labute approximate surface area is 192 Å². The molecule has 4 fully saturated rings. The number of carbonyl (C=O) groups is 2. The summed E-state index contributed by atoms with van der Waals surface area (Å²) in [5.41, 5.74) is -1.22. The van der Waals surface area contributed by atoms with Crippen LogP contribution >= 0.6 is 0 Å². The SMILES string of the molecule is O=C(C[N+]12CCC(CC1)[C@@H](OC(=O)C(O)(c1ccoc1)C1CCCC1)C2)Nc1ccncn1. The summed E-state index contributed by atoms with van der Waals surface area (Å²) in [6.45, 7) is 2.65. The first kappa shape index (κ1) is 22.0. The molecule has 9 heteroatoms. The topological polar surface area (TPSA) is 115 Å². The van der Waals surface area contributed by atoms with Crippen molar-refractivity contribution in [3.8, 4) is 0 Å². The lowest BCUT2D eigenvalue weighted by atomic mass is 9.80. The van der Waals surface area contributed by atoms with Crippen LogP contribution in [0, 0.1) is 11.8 Å². The maximum atomic E-state index is 13.4. The van der Waals surface area contributed by atoms with Crippen molar-refractivity contribution in [3.05, 3.63) is 42.7 Å². The van der Waals surface area contributed by atoms with Crippen LogP contribution in [0.3, 0.4) is 0 Å². The molecule has 1 saturated carbocycles. The fourth-order valence-corrected chi connectivity index (χ4v) is 6.00. The van der Waals surface area contributed by atoms with E-state index in [1.807, 2.05) is 0 Å². The monoisotopic (exact) mass is 455 g/mol. The highest BCUT2D eigenvalue weighted by Gasteiger charge is 2.53. The molecule has 1 amide bonds. The number of furan rings is 1. The molecule has 2 aromatic heterocycles. The molecule has 1 unspecified atom stereocenters. The highest BCUT2D eigenvalue weighted by Crippen LogP contribution is 2.43. The number of rotatable bonds is 7. The van der Waals surface area contributed by atoms with Crippen molar-refractivity contribution in [2.24, 2.45) is 11.8 Å². The second kappa shape index (κ2) is 8.87. The van der Waals surface area contributed by atoms with Crippen molar-refractivity contribution in [1.82, 2.24) is 9.97 Å². The maximum absolute atomic E-state index is 13.4. The van der Waals surface area contributed by atoms with Crippen LogP contribution in [0.5, 0.6) is 0 Å². The summed E-state index contributed by atoms with van der Waals surface area (Å²) in [5.74, 6) is -0.135. The Morgan fingerprint density at radius 1 is 1.21 bits per heavy atom. The number of fused-ring (bicyclic) bond motifs is 3. The molecule has 3 saturated heterocycles. The van der Waals surface area contributed by atoms with Crippen LogP contribution in [0.4, 0.5) is 5.82 Å². The molecule has 5 heterocycles. The number of aromatic nitrogens is 2. The molecule has 4 aliphatic rings. The first-order valence-corrected chi connectivity index (χ1v) is 11.9. The van der Waals surface area contributed by atoms with Crippen molar-refractivity contribution in [1.29, 1.82) is 0 Å². The van der Waals surface area contributed by atoms with E-state index in [1.54, 1.807) is 18.3 Å². The molecule has 33 heavy (non-hydrogen) atoms. The van der Waals surface area contributed by atoms with E-state index < -0.39 is 11.6 Å². The highest BCUT2D eigenvalue weighted by molar-refractivity contribution is 5.90. The van der Waals surface area contributed by atoms with Gasteiger partial charge in [0.15, 0.2) is 18.2 Å². The number of piperidine rings is 3. The van der Waals surface area contributed by atoms with E-state index in [0.29, 0.717) is 29.0 Å². The van der Waals surface area contributed by atoms with Gasteiger partial charge in [0.05, 0.1) is 25.6 Å². The van der Waals surface area contributed by atoms with Crippen molar-refractivity contribution < 1.29 is 28.3 Å². The number of anilines is 1. The number of amides is 1. The first-order valence-electron chi connectivity index (χ1n) is 11.9. The third-order valence-corrected chi connectivity index (χ3v) is 7.85. The standard InChI is InChI=1S/C24H30N4O5/c29-22(27-21-5-9-25-16-26-21)14-28-10-6-17(7-11-28)20(13-28)33-23(30)24(31,18-3-1-2-4-18)19-8-12-32-15-19/h5,8-9,12,15-18,20,31H,1-4,6-7,10-11,13-14H2/p+1/t17?,20-,24?,28?/m0/s1. The second-order valence-electron chi connectivity index (χ2n) is 9.81. The van der Waals surface area contributed by atoms with Crippen LogP contribution in [0.1, 0.15) is 44.1 Å². The number of hydrogen-bond donors (Lipinski definition) is 2. The minimum Gasteiger partial charge on any atom is -0.472 e. The smallest absolute Gasteiger partial charge is 0.343 e. The molecule has 6 rings (SSSR count). The van der Waals surface area contributed by atoms with Gasteiger partial charge in [-0.15, -0.1) is 0 Å². The predicted octanol–water partition coefficient (Wildman–Crippen LogP) is 2.24. The number of quaternary nitrogens is 1. The molecular weight excluding hydrogens is 424 g/mol. The molecular formula is C24H31N4O5+. The van der Waals surface area contributed by atoms with Crippen molar-refractivity contribution in [2.75, 3.05) is 31.5 Å². The zero-order valence-corrected chi connectivity index (χ0v) is 18.7. The minimum absolute atomic E-state index is 0.111. The third-order valence-electron chi connectivity index (χ3n) is 7.85. The van der Waals surface area contributed by atoms with Crippen LogP contribution in [0.15, 0.2) is 41.6 Å². The molecule has 9 nitrogen and oxygen atoms in total. The van der Waals surface area contributed by atoms with Gasteiger partial charge in [0, 0.05) is 36.4 Å². The zero-order valence-electron chi connectivity index (χ0n) is 18.7. The largest absolute Gasteiger partial charge is 0.472 e. The Hall–Kier alpha value is -2.78. The summed E-state index contributed by atoms with van der Waals surface area (Å²) in [7, 11) is 0. The fourth-order valence-electron chi connectivity index (χ4n) is 6.00. The molecule has 2 bridgehead atoms. The quantitative estimate of drug-likeness (QED) is 0.486. The summed E-state index contributed by atoms with van der Waals surface area (Å²) in [4.78, 5) is 34.1. The summed E-state index contributed by atoms with van der Waals surface area (Å²) in [5, 5.41) is 14.4. The van der Waals surface area contributed by atoms with Crippen LogP contribution in [0.2, 0.25) is 0 Å². The van der Waals surface area contributed by atoms with Crippen LogP contribution < -0.4 is 5.32 Å². The molecule has 2 atom stereocenters. The molecule has 0 aromatic carbocycles. The number of hydrogen-bond acceptors (Lipinski definition) is 7. The molecule has 0 radical (unpaired) electrons. The number of aliphatic hydroxyl groups is 1. The van der Waals surface area contributed by atoms with Gasteiger partial charge in [0.25, 0.3) is 5.91 Å². The molecule has 1 aliphatic carbocycles. The van der Waals surface area contributed by atoms with Crippen molar-refractivity contribution in [2.45, 2.75) is 50.2 Å². The number of esters is 1.